The van der Waals surface area contributed by atoms with E-state index < -0.39 is 18.1 Å². The van der Waals surface area contributed by atoms with E-state index >= 15 is 0 Å². The van der Waals surface area contributed by atoms with Gasteiger partial charge in [0, 0.05) is 7.05 Å². The highest BCUT2D eigenvalue weighted by Crippen LogP contribution is 2.29. The van der Waals surface area contributed by atoms with Gasteiger partial charge in [-0.3, -0.25) is 15.0 Å². The molecule has 1 fully saturated rings. The van der Waals surface area contributed by atoms with E-state index in [4.69, 9.17) is 23.2 Å². The number of anilines is 1. The lowest BCUT2D eigenvalue weighted by atomic mass is 10.3. The van der Waals surface area contributed by atoms with Crippen LogP contribution in [0, 0.1) is 0 Å². The van der Waals surface area contributed by atoms with Crippen molar-refractivity contribution in [3.63, 3.8) is 0 Å². The minimum atomic E-state index is -0.503. The summed E-state index contributed by atoms with van der Waals surface area (Å²) in [6.45, 7) is 0. The number of halogens is 2. The number of imide groups is 1. The highest BCUT2D eigenvalue weighted by Gasteiger charge is 2.42. The Morgan fingerprint density at radius 2 is 2.00 bits per heavy atom. The number of alkyl halides is 1. The first-order valence-electron chi connectivity index (χ1n) is 6.19. The number of para-hydroxylation sites is 1. The van der Waals surface area contributed by atoms with E-state index in [2.05, 4.69) is 10.3 Å². The first-order valence-corrected chi connectivity index (χ1v) is 7.10. The molecule has 0 aliphatic carbocycles. The van der Waals surface area contributed by atoms with Crippen LogP contribution in [0.25, 0.3) is 0 Å². The summed E-state index contributed by atoms with van der Waals surface area (Å²) in [6.07, 6.45) is -0.477. The number of hydrogen-bond donors (Lipinski definition) is 1. The third kappa shape index (κ3) is 2.88. The van der Waals surface area contributed by atoms with Crippen LogP contribution in [0.3, 0.4) is 0 Å². The predicted molar refractivity (Wildman–Crippen MR) is 83.1 cm³/mol. The lowest BCUT2D eigenvalue weighted by Gasteiger charge is -2.17. The number of rotatable bonds is 4. The summed E-state index contributed by atoms with van der Waals surface area (Å²) in [5.41, 5.74) is 0.407. The van der Waals surface area contributed by atoms with Crippen LogP contribution in [-0.2, 0) is 4.79 Å². The van der Waals surface area contributed by atoms with E-state index in [1.165, 1.54) is 11.9 Å². The molecule has 21 heavy (non-hydrogen) atoms. The van der Waals surface area contributed by atoms with E-state index in [0.29, 0.717) is 10.7 Å². The summed E-state index contributed by atoms with van der Waals surface area (Å²) in [7, 11) is 3.06. The summed E-state index contributed by atoms with van der Waals surface area (Å²) in [5.74, 6) is -0.331. The van der Waals surface area contributed by atoms with Gasteiger partial charge < -0.3 is 0 Å². The highest BCUT2D eigenvalue weighted by atomic mass is 35.5. The van der Waals surface area contributed by atoms with Crippen molar-refractivity contribution in [3.8, 4) is 0 Å². The molecule has 1 atom stereocenters. The van der Waals surface area contributed by atoms with Crippen molar-refractivity contribution < 1.29 is 9.59 Å². The van der Waals surface area contributed by atoms with Crippen LogP contribution in [0.15, 0.2) is 29.3 Å². The molecule has 6 nitrogen and oxygen atoms in total. The third-order valence-electron chi connectivity index (χ3n) is 3.04. The van der Waals surface area contributed by atoms with Crippen molar-refractivity contribution in [3.05, 3.63) is 29.3 Å². The Kier molecular flexibility index (Phi) is 4.82. The standard InChI is InChI=1S/C13H14Cl2N4O2/c1-16-10(7-14)17-11-12(20)18(2)13(21)19(11)9-6-4-3-5-8(9)15/h3-6,10,16H,7H2,1-2H3/b17-11+. The summed E-state index contributed by atoms with van der Waals surface area (Å²) in [4.78, 5) is 30.9. The quantitative estimate of drug-likeness (QED) is 0.678. The fourth-order valence-electron chi connectivity index (χ4n) is 1.86. The topological polar surface area (TPSA) is 65.0 Å². The van der Waals surface area contributed by atoms with Gasteiger partial charge in [0.1, 0.15) is 6.17 Å². The average Bonchev–Trinajstić information content (AvgIpc) is 2.70. The van der Waals surface area contributed by atoms with Gasteiger partial charge >= 0.3 is 6.03 Å². The molecule has 1 unspecified atom stereocenters. The largest absolute Gasteiger partial charge is 0.337 e. The second kappa shape index (κ2) is 6.43. The van der Waals surface area contributed by atoms with Crippen molar-refractivity contribution in [2.24, 2.45) is 4.99 Å². The van der Waals surface area contributed by atoms with Crippen LogP contribution in [0.1, 0.15) is 0 Å². The fourth-order valence-corrected chi connectivity index (χ4v) is 2.30. The Morgan fingerprint density at radius 3 is 2.57 bits per heavy atom. The number of nitrogens with zero attached hydrogens (tertiary/aromatic N) is 3. The molecule has 1 heterocycles. The van der Waals surface area contributed by atoms with Crippen molar-refractivity contribution in [1.82, 2.24) is 10.2 Å². The molecule has 0 saturated carbocycles. The van der Waals surface area contributed by atoms with Gasteiger partial charge in [-0.25, -0.2) is 14.7 Å². The van der Waals surface area contributed by atoms with Crippen LogP contribution in [0.5, 0.6) is 0 Å². The number of amidine groups is 1. The molecule has 112 valence electrons. The van der Waals surface area contributed by atoms with Gasteiger partial charge in [-0.1, -0.05) is 23.7 Å². The Bertz CT molecular complexity index is 602. The first kappa shape index (κ1) is 15.8. The molecule has 1 aliphatic rings. The molecule has 0 spiro atoms. The third-order valence-corrected chi connectivity index (χ3v) is 3.65. The van der Waals surface area contributed by atoms with Crippen molar-refractivity contribution in [2.45, 2.75) is 6.17 Å². The minimum absolute atomic E-state index is 0.00407. The maximum Gasteiger partial charge on any atom is 0.337 e. The lowest BCUT2D eigenvalue weighted by molar-refractivity contribution is -0.119. The van der Waals surface area contributed by atoms with Gasteiger partial charge in [0.05, 0.1) is 16.6 Å². The number of hydrogen-bond acceptors (Lipinski definition) is 4. The minimum Gasteiger partial charge on any atom is -0.298 e. The Hall–Kier alpha value is -1.63. The van der Waals surface area contributed by atoms with Gasteiger partial charge in [-0.15, -0.1) is 11.6 Å². The van der Waals surface area contributed by atoms with E-state index in [-0.39, 0.29) is 11.7 Å². The van der Waals surface area contributed by atoms with E-state index in [9.17, 15) is 9.59 Å². The first-order chi connectivity index (χ1) is 10.0. The van der Waals surface area contributed by atoms with Gasteiger partial charge in [0.25, 0.3) is 5.91 Å². The van der Waals surface area contributed by atoms with Gasteiger partial charge in [-0.05, 0) is 19.2 Å². The highest BCUT2D eigenvalue weighted by molar-refractivity contribution is 6.55. The molecular formula is C13H14Cl2N4O2. The van der Waals surface area contributed by atoms with Crippen molar-refractivity contribution in [2.75, 3.05) is 24.9 Å². The molecule has 1 aromatic rings. The maximum atomic E-state index is 12.3. The summed E-state index contributed by atoms with van der Waals surface area (Å²) >= 11 is 11.9. The van der Waals surface area contributed by atoms with E-state index in [1.807, 2.05) is 0 Å². The van der Waals surface area contributed by atoms with Gasteiger partial charge in [0.15, 0.2) is 0 Å². The number of likely N-dealkylation sites (N-methyl/N-ethyl adjacent to an activating group) is 1. The molecule has 0 aromatic heterocycles. The second-order valence-electron chi connectivity index (χ2n) is 4.35. The van der Waals surface area contributed by atoms with Crippen LogP contribution < -0.4 is 10.2 Å². The molecule has 1 aromatic carbocycles. The molecule has 2 rings (SSSR count). The van der Waals surface area contributed by atoms with Crippen LogP contribution >= 0.6 is 23.2 Å². The second-order valence-corrected chi connectivity index (χ2v) is 5.06. The van der Waals surface area contributed by atoms with E-state index in [1.54, 1.807) is 31.3 Å². The maximum absolute atomic E-state index is 12.3. The normalized spacial score (nSPS) is 18.8. The zero-order valence-electron chi connectivity index (χ0n) is 11.5. The zero-order chi connectivity index (χ0) is 15.6. The average molecular weight is 329 g/mol. The number of nitrogens with one attached hydrogen (secondary N) is 1. The Labute approximate surface area is 132 Å². The number of carbonyl (C=O) groups is 2. The molecule has 0 bridgehead atoms. The van der Waals surface area contributed by atoms with Gasteiger partial charge in [0.2, 0.25) is 5.84 Å². The number of urea groups is 1. The van der Waals surface area contributed by atoms with Gasteiger partial charge in [-0.2, -0.15) is 0 Å². The zero-order valence-corrected chi connectivity index (χ0v) is 13.0. The molecule has 8 heteroatoms. The van der Waals surface area contributed by atoms with Crippen molar-refractivity contribution in [1.29, 1.82) is 0 Å². The number of benzene rings is 1. The number of amides is 3. The number of aliphatic imine (C=N–C) groups is 1. The molecule has 1 N–H and O–H groups in total. The lowest BCUT2D eigenvalue weighted by Crippen LogP contribution is -2.35. The molecule has 3 amide bonds. The van der Waals surface area contributed by atoms with Crippen molar-refractivity contribution >= 4 is 46.7 Å². The molecule has 1 aliphatic heterocycles. The van der Waals surface area contributed by atoms with E-state index in [0.717, 1.165) is 4.90 Å². The van der Waals surface area contributed by atoms with Crippen LogP contribution in [0.4, 0.5) is 10.5 Å². The fraction of sp³-hybridized carbons (Fsp3) is 0.308. The number of carbonyl (C=O) groups excluding carboxylic acids is 2. The molecular weight excluding hydrogens is 315 g/mol. The Morgan fingerprint density at radius 1 is 1.33 bits per heavy atom. The smallest absolute Gasteiger partial charge is 0.298 e. The monoisotopic (exact) mass is 328 g/mol. The van der Waals surface area contributed by atoms with Crippen LogP contribution in [0.2, 0.25) is 5.02 Å². The summed E-state index contributed by atoms with van der Waals surface area (Å²) in [6, 6.07) is 6.26. The van der Waals surface area contributed by atoms with Crippen LogP contribution in [-0.4, -0.2) is 48.8 Å². The SMILES string of the molecule is CNC(CCl)/N=C1\C(=O)N(C)C(=O)N1c1ccccc1Cl. The molecule has 0 radical (unpaired) electrons. The Balaban J connectivity index is 2.52. The predicted octanol–water partition coefficient (Wildman–Crippen LogP) is 1.92. The molecule has 1 saturated heterocycles. The summed E-state index contributed by atoms with van der Waals surface area (Å²) in [5, 5.41) is 3.21. The summed E-state index contributed by atoms with van der Waals surface area (Å²) < 4.78 is 0.